The molecule has 186 valence electrons. The normalized spacial score (nSPS) is 13.2. The second-order valence-corrected chi connectivity index (χ2v) is 7.76. The molecule has 0 aliphatic rings. The van der Waals surface area contributed by atoms with Crippen molar-refractivity contribution in [3.05, 3.63) is 94.8 Å². The fourth-order valence-corrected chi connectivity index (χ4v) is 3.79. The van der Waals surface area contributed by atoms with Crippen LogP contribution in [0.3, 0.4) is 0 Å². The van der Waals surface area contributed by atoms with Crippen molar-refractivity contribution in [1.82, 2.24) is 15.6 Å². The molecular weight excluding hydrogens is 469 g/mol. The van der Waals surface area contributed by atoms with Gasteiger partial charge < -0.3 is 15.4 Å². The van der Waals surface area contributed by atoms with Gasteiger partial charge in [-0.2, -0.15) is 13.2 Å². The lowest BCUT2D eigenvalue weighted by Gasteiger charge is -2.23. The zero-order valence-corrected chi connectivity index (χ0v) is 19.0. The first-order valence-corrected chi connectivity index (χ1v) is 10.7. The molecule has 0 aliphatic carbocycles. The molecule has 3 rings (SSSR count). The molecule has 0 fully saturated rings. The number of ether oxygens (including phenoxy) is 1. The maximum absolute atomic E-state index is 14.1. The maximum Gasteiger partial charge on any atom is 0.433 e. The Morgan fingerprint density at radius 3 is 2.23 bits per heavy atom. The molecule has 0 radical (unpaired) electrons. The van der Waals surface area contributed by atoms with Gasteiger partial charge in [0, 0.05) is 24.7 Å². The summed E-state index contributed by atoms with van der Waals surface area (Å²) < 4.78 is 71.8. The standard InChI is InChI=1S/C25H24F5N3O2/c1-31-24(34)23(15-3-6-17(26)7-4-15)32-12-11-19(20-13-18(27)8-9-21(20)35-2)16-5-10-22(33-14-16)25(28,29)30/h3-10,13-14,19,23,32H,11-12H2,1-2H3,(H,31,34). The summed E-state index contributed by atoms with van der Waals surface area (Å²) in [7, 11) is 2.88. The Bertz CT molecular complexity index is 1140. The SMILES string of the molecule is CNC(=O)C(NCCC(c1ccc(C(F)(F)F)nc1)c1cc(F)ccc1OC)c1ccc(F)cc1. The molecule has 5 nitrogen and oxygen atoms in total. The highest BCUT2D eigenvalue weighted by Gasteiger charge is 2.32. The van der Waals surface area contributed by atoms with E-state index in [1.54, 1.807) is 0 Å². The van der Waals surface area contributed by atoms with E-state index in [-0.39, 0.29) is 18.9 Å². The number of carbonyl (C=O) groups excluding carboxylic acids is 1. The number of rotatable bonds is 9. The fourth-order valence-electron chi connectivity index (χ4n) is 3.79. The number of benzene rings is 2. The molecule has 1 aromatic heterocycles. The van der Waals surface area contributed by atoms with Gasteiger partial charge in [0.15, 0.2) is 0 Å². The minimum absolute atomic E-state index is 0.209. The van der Waals surface area contributed by atoms with Crippen LogP contribution in [-0.2, 0) is 11.0 Å². The van der Waals surface area contributed by atoms with E-state index < -0.39 is 35.5 Å². The van der Waals surface area contributed by atoms with Crippen molar-refractivity contribution >= 4 is 5.91 Å². The minimum Gasteiger partial charge on any atom is -0.496 e. The highest BCUT2D eigenvalue weighted by molar-refractivity contribution is 5.82. The monoisotopic (exact) mass is 493 g/mol. The van der Waals surface area contributed by atoms with Crippen LogP contribution in [0.25, 0.3) is 0 Å². The van der Waals surface area contributed by atoms with Crippen LogP contribution in [0.2, 0.25) is 0 Å². The lowest BCUT2D eigenvalue weighted by atomic mass is 9.88. The van der Waals surface area contributed by atoms with E-state index in [2.05, 4.69) is 15.6 Å². The van der Waals surface area contributed by atoms with Gasteiger partial charge in [0.25, 0.3) is 0 Å². The Hall–Kier alpha value is -3.53. The summed E-state index contributed by atoms with van der Waals surface area (Å²) in [4.78, 5) is 16.0. The number of amides is 1. The number of likely N-dealkylation sites (N-methyl/N-ethyl adjacent to an activating group) is 1. The van der Waals surface area contributed by atoms with Crippen LogP contribution in [-0.4, -0.2) is 31.6 Å². The number of carbonyl (C=O) groups is 1. The Morgan fingerprint density at radius 1 is 1.00 bits per heavy atom. The zero-order valence-electron chi connectivity index (χ0n) is 19.0. The molecule has 0 saturated heterocycles. The highest BCUT2D eigenvalue weighted by atomic mass is 19.4. The summed E-state index contributed by atoms with van der Waals surface area (Å²) in [5.41, 5.74) is 0.332. The van der Waals surface area contributed by atoms with Gasteiger partial charge in [-0.05, 0) is 60.5 Å². The van der Waals surface area contributed by atoms with E-state index in [9.17, 15) is 26.7 Å². The van der Waals surface area contributed by atoms with Crippen molar-refractivity contribution in [2.75, 3.05) is 20.7 Å². The van der Waals surface area contributed by atoms with E-state index in [1.165, 1.54) is 62.7 Å². The number of pyridine rings is 1. The van der Waals surface area contributed by atoms with Gasteiger partial charge in [0.05, 0.1) is 7.11 Å². The first kappa shape index (κ1) is 26.1. The summed E-state index contributed by atoms with van der Waals surface area (Å²) >= 11 is 0. The van der Waals surface area contributed by atoms with Gasteiger partial charge in [-0.15, -0.1) is 0 Å². The van der Waals surface area contributed by atoms with Crippen LogP contribution in [0.5, 0.6) is 5.75 Å². The summed E-state index contributed by atoms with van der Waals surface area (Å²) in [5, 5.41) is 5.64. The molecule has 0 saturated carbocycles. The molecule has 10 heteroatoms. The van der Waals surface area contributed by atoms with E-state index >= 15 is 0 Å². The van der Waals surface area contributed by atoms with Crippen LogP contribution in [0, 0.1) is 11.6 Å². The van der Waals surface area contributed by atoms with Gasteiger partial charge >= 0.3 is 6.18 Å². The molecule has 2 N–H and O–H groups in total. The van der Waals surface area contributed by atoms with Crippen LogP contribution >= 0.6 is 0 Å². The summed E-state index contributed by atoms with van der Waals surface area (Å²) in [6.07, 6.45) is -3.22. The van der Waals surface area contributed by atoms with Crippen LogP contribution in [0.1, 0.15) is 40.8 Å². The van der Waals surface area contributed by atoms with Crippen molar-refractivity contribution in [3.63, 3.8) is 0 Å². The quantitative estimate of drug-likeness (QED) is 0.413. The van der Waals surface area contributed by atoms with Gasteiger partial charge in [-0.25, -0.2) is 8.78 Å². The van der Waals surface area contributed by atoms with Crippen molar-refractivity contribution < 1.29 is 31.5 Å². The molecular formula is C25H24F5N3O2. The Labute approximate surface area is 199 Å². The van der Waals surface area contributed by atoms with E-state index in [0.29, 0.717) is 22.4 Å². The average molecular weight is 493 g/mol. The summed E-state index contributed by atoms with van der Waals surface area (Å²) in [6, 6.07) is 10.7. The van der Waals surface area contributed by atoms with E-state index in [0.717, 1.165) is 12.3 Å². The number of hydrogen-bond donors (Lipinski definition) is 2. The predicted octanol–water partition coefficient (Wildman–Crippen LogP) is 4.99. The van der Waals surface area contributed by atoms with Gasteiger partial charge in [0.2, 0.25) is 5.91 Å². The molecule has 2 aromatic carbocycles. The number of hydrogen-bond acceptors (Lipinski definition) is 4. The maximum atomic E-state index is 14.1. The summed E-state index contributed by atoms with van der Waals surface area (Å²) in [5.74, 6) is -1.57. The van der Waals surface area contributed by atoms with Gasteiger partial charge in [-0.1, -0.05) is 18.2 Å². The molecule has 0 aliphatic heterocycles. The fraction of sp³-hybridized carbons (Fsp3) is 0.280. The van der Waals surface area contributed by atoms with E-state index in [4.69, 9.17) is 4.74 Å². The largest absolute Gasteiger partial charge is 0.496 e. The molecule has 0 bridgehead atoms. The number of alkyl halides is 3. The molecule has 2 unspecified atom stereocenters. The molecule has 1 amide bonds. The number of nitrogens with zero attached hydrogens (tertiary/aromatic N) is 1. The van der Waals surface area contributed by atoms with Crippen LogP contribution in [0.15, 0.2) is 60.8 Å². The lowest BCUT2D eigenvalue weighted by molar-refractivity contribution is -0.141. The second-order valence-electron chi connectivity index (χ2n) is 7.76. The van der Waals surface area contributed by atoms with Crippen molar-refractivity contribution in [2.24, 2.45) is 0 Å². The first-order chi connectivity index (χ1) is 16.6. The third kappa shape index (κ3) is 6.54. The zero-order chi connectivity index (χ0) is 25.6. The number of methoxy groups -OCH3 is 1. The van der Waals surface area contributed by atoms with Crippen molar-refractivity contribution in [1.29, 1.82) is 0 Å². The number of aromatic nitrogens is 1. The van der Waals surface area contributed by atoms with Crippen LogP contribution in [0.4, 0.5) is 22.0 Å². The number of nitrogens with one attached hydrogen (secondary N) is 2. The van der Waals surface area contributed by atoms with Gasteiger partial charge in [-0.3, -0.25) is 9.78 Å². The lowest BCUT2D eigenvalue weighted by Crippen LogP contribution is -2.36. The smallest absolute Gasteiger partial charge is 0.433 e. The summed E-state index contributed by atoms with van der Waals surface area (Å²) in [6.45, 7) is 0.209. The van der Waals surface area contributed by atoms with Crippen molar-refractivity contribution in [3.8, 4) is 5.75 Å². The Morgan fingerprint density at radius 2 is 1.66 bits per heavy atom. The Balaban J connectivity index is 1.90. The third-order valence-corrected chi connectivity index (χ3v) is 5.54. The third-order valence-electron chi connectivity index (χ3n) is 5.54. The number of halogens is 5. The Kier molecular flexibility index (Phi) is 8.39. The second kappa shape index (κ2) is 11.3. The first-order valence-electron chi connectivity index (χ1n) is 10.7. The van der Waals surface area contributed by atoms with Gasteiger partial charge in [0.1, 0.15) is 29.1 Å². The molecule has 2 atom stereocenters. The minimum atomic E-state index is -4.60. The predicted molar refractivity (Wildman–Crippen MR) is 120 cm³/mol. The van der Waals surface area contributed by atoms with Crippen LogP contribution < -0.4 is 15.4 Å². The molecule has 1 heterocycles. The average Bonchev–Trinajstić information content (AvgIpc) is 2.84. The molecule has 3 aromatic rings. The topological polar surface area (TPSA) is 63.2 Å². The van der Waals surface area contributed by atoms with Crippen molar-refractivity contribution in [2.45, 2.75) is 24.6 Å². The van der Waals surface area contributed by atoms with E-state index in [1.807, 2.05) is 0 Å². The molecule has 35 heavy (non-hydrogen) atoms. The highest BCUT2D eigenvalue weighted by Crippen LogP contribution is 2.36. The molecule has 0 spiro atoms.